The van der Waals surface area contributed by atoms with Crippen molar-refractivity contribution in [1.82, 2.24) is 20.4 Å². The second kappa shape index (κ2) is 23.7. The number of anilines is 2. The lowest BCUT2D eigenvalue weighted by atomic mass is 9.90. The number of benzene rings is 2. The number of amides is 6. The molecular weight excluding hydrogens is 1450 g/mol. The van der Waals surface area contributed by atoms with E-state index in [1.54, 1.807) is 0 Å². The number of nitrogens with one attached hydrogen (secondary N) is 4. The first-order chi connectivity index (χ1) is 27.2. The molecule has 0 spiro atoms. The summed E-state index contributed by atoms with van der Waals surface area (Å²) in [6, 6.07) is -0.701. The van der Waals surface area contributed by atoms with Crippen molar-refractivity contribution in [2.24, 2.45) is 0 Å². The highest BCUT2D eigenvalue weighted by molar-refractivity contribution is 14.1. The summed E-state index contributed by atoms with van der Waals surface area (Å²) in [4.78, 5) is 82.2. The van der Waals surface area contributed by atoms with Gasteiger partial charge in [-0.15, -0.1) is 0 Å². The maximum atomic E-state index is 14.0. The second-order valence-corrected chi connectivity index (χ2v) is 19.6. The lowest BCUT2D eigenvalue weighted by molar-refractivity contribution is -0.119. The predicted octanol–water partition coefficient (Wildman–Crippen LogP) is 1.50. The largest absolute Gasteiger partial charge is 0.394 e. The molecule has 0 saturated heterocycles. The van der Waals surface area contributed by atoms with E-state index in [1.165, 1.54) is 23.9 Å². The molecule has 18 nitrogen and oxygen atoms in total. The monoisotopic (exact) mass is 1490 g/mol. The Morgan fingerprint density at radius 2 is 0.845 bits per heavy atom. The van der Waals surface area contributed by atoms with E-state index in [0.717, 1.165) is 0 Å². The van der Waals surface area contributed by atoms with Crippen molar-refractivity contribution in [3.63, 3.8) is 0 Å². The van der Waals surface area contributed by atoms with E-state index in [0.29, 0.717) is 40.0 Å². The molecule has 1 fully saturated rings. The minimum Gasteiger partial charge on any atom is -0.394 e. The molecule has 1 aliphatic rings. The average Bonchev–Trinajstić information content (AvgIpc) is 3.18. The van der Waals surface area contributed by atoms with Crippen LogP contribution in [-0.4, -0.2) is 154 Å². The molecule has 2 aromatic carbocycles. The SMILES string of the molecule is CN(CC(O)CO)C(=O)c1c(I)c(NC(=O)CO)c(I)c(C(=O)NC2CCC(NC(=O)c3c(I)c(NC(=O)CO)c(I)c(C(=O)N(C)CC(O)CO)c3I)CC2)c1I. The van der Waals surface area contributed by atoms with Crippen LogP contribution in [0.5, 0.6) is 0 Å². The lowest BCUT2D eigenvalue weighted by Crippen LogP contribution is -2.44. The van der Waals surface area contributed by atoms with Gasteiger partial charge in [0.25, 0.3) is 23.6 Å². The van der Waals surface area contributed by atoms with E-state index < -0.39 is 74.1 Å². The molecule has 1 aliphatic carbocycles. The van der Waals surface area contributed by atoms with Gasteiger partial charge in [0.15, 0.2) is 0 Å². The van der Waals surface area contributed by atoms with Gasteiger partial charge in [0.1, 0.15) is 13.2 Å². The number of halogens is 6. The van der Waals surface area contributed by atoms with Crippen molar-refractivity contribution in [3.05, 3.63) is 43.7 Å². The fourth-order valence-electron chi connectivity index (χ4n) is 5.87. The molecule has 2 unspecified atom stereocenters. The zero-order valence-corrected chi connectivity index (χ0v) is 43.6. The number of rotatable bonds is 16. The van der Waals surface area contributed by atoms with Crippen LogP contribution in [0.3, 0.4) is 0 Å². The van der Waals surface area contributed by atoms with E-state index in [4.69, 9.17) is 0 Å². The van der Waals surface area contributed by atoms with Crippen LogP contribution >= 0.6 is 136 Å². The van der Waals surface area contributed by atoms with Gasteiger partial charge in [0.05, 0.1) is 73.3 Å². The Morgan fingerprint density at radius 3 is 1.12 bits per heavy atom. The number of carbonyl (C=O) groups is 6. The number of nitrogens with zero attached hydrogens (tertiary/aromatic N) is 2. The number of hydrogen-bond donors (Lipinski definition) is 10. The quantitative estimate of drug-likeness (QED) is 0.107. The van der Waals surface area contributed by atoms with E-state index >= 15 is 0 Å². The Morgan fingerprint density at radius 1 is 0.552 bits per heavy atom. The molecule has 0 aromatic heterocycles. The van der Waals surface area contributed by atoms with Gasteiger partial charge in [0, 0.05) is 46.4 Å². The van der Waals surface area contributed by atoms with E-state index in [-0.39, 0.29) is 65.9 Å². The summed E-state index contributed by atoms with van der Waals surface area (Å²) in [6.45, 7) is -3.26. The summed E-state index contributed by atoms with van der Waals surface area (Å²) in [5.74, 6) is -3.74. The van der Waals surface area contributed by atoms with Crippen LogP contribution in [0.4, 0.5) is 11.4 Å². The standard InChI is InChI=1S/C34H40I6N6O12/c1-45(7-15(51)9-47)33(57)21-23(35)19(25(37)29(27(21)39)43-17(53)11-49)31(55)41-13-3-5-14(6-4-13)42-32(56)20-24(36)22(34(58)46(2)8-16(52)10-48)28(40)30(26(20)38)44-18(54)12-50/h13-16,47-52H,3-12H2,1-2H3,(H,41,55)(H,42,56)(H,43,53)(H,44,54). The van der Waals surface area contributed by atoms with Crippen molar-refractivity contribution >= 4 is 182 Å². The van der Waals surface area contributed by atoms with Crippen LogP contribution < -0.4 is 21.3 Å². The van der Waals surface area contributed by atoms with Crippen LogP contribution in [0, 0.1) is 21.4 Å². The molecule has 2 atom stereocenters. The maximum Gasteiger partial charge on any atom is 0.255 e. The normalized spacial score (nSPS) is 16.2. The van der Waals surface area contributed by atoms with E-state index in [1.807, 2.05) is 136 Å². The number of likely N-dealkylation sites (N-methyl/N-ethyl adjacent to an activating group) is 2. The summed E-state index contributed by atoms with van der Waals surface area (Å²) in [5.41, 5.74) is 0.677. The second-order valence-electron chi connectivity index (χ2n) is 13.1. The Hall–Kier alpha value is -0.600. The fourth-order valence-corrected chi connectivity index (χ4v) is 14.6. The lowest BCUT2D eigenvalue weighted by Gasteiger charge is -2.31. The van der Waals surface area contributed by atoms with Crippen molar-refractivity contribution in [3.8, 4) is 0 Å². The Kier molecular flexibility index (Phi) is 21.2. The smallest absolute Gasteiger partial charge is 0.255 e. The number of aliphatic hydroxyl groups is 6. The third-order valence-electron chi connectivity index (χ3n) is 8.81. The summed E-state index contributed by atoms with van der Waals surface area (Å²) >= 11 is 11.3. The maximum absolute atomic E-state index is 14.0. The number of carbonyl (C=O) groups excluding carboxylic acids is 6. The molecule has 1 saturated carbocycles. The zero-order chi connectivity index (χ0) is 43.8. The van der Waals surface area contributed by atoms with Gasteiger partial charge < -0.3 is 61.7 Å². The molecule has 0 radical (unpaired) electrons. The van der Waals surface area contributed by atoms with Gasteiger partial charge in [-0.1, -0.05) is 0 Å². The molecule has 24 heteroatoms. The third-order valence-corrected chi connectivity index (χ3v) is 15.3. The van der Waals surface area contributed by atoms with Gasteiger partial charge >= 0.3 is 0 Å². The van der Waals surface area contributed by atoms with Gasteiger partial charge in [0.2, 0.25) is 11.8 Å². The highest BCUT2D eigenvalue weighted by Crippen LogP contribution is 2.38. The Labute approximate surface area is 415 Å². The first-order valence-electron chi connectivity index (χ1n) is 17.2. The first-order valence-corrected chi connectivity index (χ1v) is 23.6. The van der Waals surface area contributed by atoms with Crippen LogP contribution in [0.1, 0.15) is 67.1 Å². The van der Waals surface area contributed by atoms with Gasteiger partial charge in [-0.05, 0) is 161 Å². The highest BCUT2D eigenvalue weighted by Gasteiger charge is 2.34. The fraction of sp³-hybridized carbons (Fsp3) is 0.471. The average molecular weight is 1490 g/mol. The van der Waals surface area contributed by atoms with Gasteiger partial charge in [-0.25, -0.2) is 0 Å². The molecule has 0 bridgehead atoms. The summed E-state index contributed by atoms with van der Waals surface area (Å²) in [5, 5.41) is 68.5. The Bertz CT molecular complexity index is 1800. The molecule has 6 amide bonds. The zero-order valence-electron chi connectivity index (χ0n) is 30.7. The van der Waals surface area contributed by atoms with Crippen LogP contribution in [0.25, 0.3) is 0 Å². The predicted molar refractivity (Wildman–Crippen MR) is 262 cm³/mol. The molecular formula is C34H40I6N6O12. The van der Waals surface area contributed by atoms with Crippen molar-refractivity contribution < 1.29 is 59.4 Å². The molecule has 10 N–H and O–H groups in total. The minimum absolute atomic E-state index is 0.0808. The third kappa shape index (κ3) is 12.7. The topological polar surface area (TPSA) is 278 Å². The molecule has 58 heavy (non-hydrogen) atoms. The number of aliphatic hydroxyl groups excluding tert-OH is 6. The summed E-state index contributed by atoms with van der Waals surface area (Å²) < 4.78 is 1.83. The minimum atomic E-state index is -1.21. The van der Waals surface area contributed by atoms with Crippen LogP contribution in [-0.2, 0) is 9.59 Å². The van der Waals surface area contributed by atoms with Crippen molar-refractivity contribution in [2.75, 3.05) is 64.2 Å². The van der Waals surface area contributed by atoms with Gasteiger partial charge in [-0.3, -0.25) is 28.8 Å². The van der Waals surface area contributed by atoms with E-state index in [9.17, 15) is 59.4 Å². The first kappa shape index (κ1) is 51.7. The number of hydrogen-bond acceptors (Lipinski definition) is 12. The Balaban J connectivity index is 1.89. The van der Waals surface area contributed by atoms with Gasteiger partial charge in [-0.2, -0.15) is 0 Å². The molecule has 320 valence electrons. The van der Waals surface area contributed by atoms with Crippen molar-refractivity contribution in [2.45, 2.75) is 50.0 Å². The summed E-state index contributed by atoms with van der Waals surface area (Å²) in [6.07, 6.45) is -0.658. The molecule has 0 aliphatic heterocycles. The van der Waals surface area contributed by atoms with E-state index in [2.05, 4.69) is 21.3 Å². The molecule has 3 rings (SSSR count). The molecule has 0 heterocycles. The van der Waals surface area contributed by atoms with Crippen LogP contribution in [0.2, 0.25) is 0 Å². The van der Waals surface area contributed by atoms with Crippen molar-refractivity contribution in [1.29, 1.82) is 0 Å². The highest BCUT2D eigenvalue weighted by atomic mass is 127. The summed E-state index contributed by atoms with van der Waals surface area (Å²) in [7, 11) is 2.85. The van der Waals surface area contributed by atoms with Crippen LogP contribution in [0.15, 0.2) is 0 Å². The molecule has 2 aromatic rings.